The Kier molecular flexibility index (Phi) is 5.49. The Morgan fingerprint density at radius 2 is 2.00 bits per heavy atom. The maximum absolute atomic E-state index is 11.4. The number of methoxy groups -OCH3 is 1. The molecule has 0 saturated carbocycles. The van der Waals surface area contributed by atoms with Gasteiger partial charge in [-0.25, -0.2) is 15.2 Å². The average Bonchev–Trinajstić information content (AvgIpc) is 2.01. The van der Waals surface area contributed by atoms with Gasteiger partial charge in [-0.2, -0.15) is 0 Å². The zero-order valence-electron chi connectivity index (χ0n) is 9.59. The van der Waals surface area contributed by atoms with Crippen molar-refractivity contribution < 1.29 is 14.3 Å². The van der Waals surface area contributed by atoms with E-state index in [4.69, 9.17) is 9.47 Å². The maximum Gasteiger partial charge on any atom is 0.424 e. The summed E-state index contributed by atoms with van der Waals surface area (Å²) in [5, 5.41) is 1.31. The summed E-state index contributed by atoms with van der Waals surface area (Å²) >= 11 is 0. The highest BCUT2D eigenvalue weighted by Crippen LogP contribution is 2.07. The van der Waals surface area contributed by atoms with Crippen molar-refractivity contribution in [2.75, 3.05) is 27.3 Å². The highest BCUT2D eigenvalue weighted by Gasteiger charge is 2.18. The highest BCUT2D eigenvalue weighted by molar-refractivity contribution is 5.67. The van der Waals surface area contributed by atoms with Gasteiger partial charge in [0.05, 0.1) is 6.61 Å². The number of nitrogens with one attached hydrogen (secondary N) is 1. The summed E-state index contributed by atoms with van der Waals surface area (Å²) in [6, 6.07) is 0. The van der Waals surface area contributed by atoms with E-state index in [-0.39, 0.29) is 0 Å². The van der Waals surface area contributed by atoms with Crippen molar-refractivity contribution in [3.05, 3.63) is 0 Å². The van der Waals surface area contributed by atoms with Crippen molar-refractivity contribution in [3.63, 3.8) is 0 Å². The molecular weight excluding hydrogens is 184 g/mol. The molecule has 0 fully saturated rings. The van der Waals surface area contributed by atoms with E-state index in [0.717, 1.165) is 0 Å². The van der Waals surface area contributed by atoms with Crippen LogP contribution < -0.4 is 5.43 Å². The summed E-state index contributed by atoms with van der Waals surface area (Å²) in [5.74, 6) is 0. The summed E-state index contributed by atoms with van der Waals surface area (Å²) < 4.78 is 9.95. The molecule has 0 rings (SSSR count). The van der Waals surface area contributed by atoms with Crippen molar-refractivity contribution in [2.45, 2.75) is 26.4 Å². The van der Waals surface area contributed by atoms with Crippen LogP contribution in [0.3, 0.4) is 0 Å². The molecule has 0 aromatic heterocycles. The lowest BCUT2D eigenvalue weighted by Gasteiger charge is -2.24. The van der Waals surface area contributed by atoms with Crippen molar-refractivity contribution in [2.24, 2.45) is 0 Å². The van der Waals surface area contributed by atoms with Crippen LogP contribution in [0.2, 0.25) is 0 Å². The molecule has 0 aliphatic heterocycles. The molecule has 0 atom stereocenters. The molecule has 0 aromatic rings. The smallest absolute Gasteiger partial charge is 0.424 e. The molecule has 14 heavy (non-hydrogen) atoms. The number of carbonyl (C=O) groups excluding carboxylic acids is 1. The fourth-order valence-corrected chi connectivity index (χ4v) is 0.710. The van der Waals surface area contributed by atoms with E-state index in [9.17, 15) is 4.79 Å². The molecule has 84 valence electrons. The lowest BCUT2D eigenvalue weighted by Crippen LogP contribution is -2.43. The number of nitrogens with zero attached hydrogens (tertiary/aromatic N) is 1. The Bertz CT molecular complexity index is 177. The van der Waals surface area contributed by atoms with E-state index >= 15 is 0 Å². The number of carbonyl (C=O) groups is 1. The van der Waals surface area contributed by atoms with Crippen molar-refractivity contribution in [3.8, 4) is 0 Å². The van der Waals surface area contributed by atoms with E-state index in [1.165, 1.54) is 5.01 Å². The number of ether oxygens (including phenoxy) is 2. The van der Waals surface area contributed by atoms with Gasteiger partial charge in [-0.05, 0) is 20.8 Å². The molecule has 0 radical (unpaired) electrons. The van der Waals surface area contributed by atoms with Crippen molar-refractivity contribution in [1.29, 1.82) is 0 Å². The van der Waals surface area contributed by atoms with E-state index in [1.54, 1.807) is 14.2 Å². The summed E-state index contributed by atoms with van der Waals surface area (Å²) in [6.45, 7) is 6.61. The topological polar surface area (TPSA) is 50.8 Å². The first-order chi connectivity index (χ1) is 6.37. The average molecular weight is 204 g/mol. The standard InChI is InChI=1S/C9H20N2O3/c1-9(2,3)14-8(12)11(4)10-6-7-13-5/h10H,6-7H2,1-5H3. The Balaban J connectivity index is 3.77. The predicted molar refractivity (Wildman–Crippen MR) is 53.9 cm³/mol. The van der Waals surface area contributed by atoms with E-state index in [0.29, 0.717) is 13.2 Å². The monoisotopic (exact) mass is 204 g/mol. The molecule has 0 unspecified atom stereocenters. The van der Waals surface area contributed by atoms with Crippen LogP contribution in [0.4, 0.5) is 4.79 Å². The lowest BCUT2D eigenvalue weighted by atomic mass is 10.2. The maximum atomic E-state index is 11.4. The molecule has 0 bridgehead atoms. The normalized spacial score (nSPS) is 11.2. The largest absolute Gasteiger partial charge is 0.443 e. The zero-order valence-corrected chi connectivity index (χ0v) is 9.59. The second-order valence-corrected chi connectivity index (χ2v) is 3.94. The van der Waals surface area contributed by atoms with Crippen LogP contribution in [0, 0.1) is 0 Å². The van der Waals surface area contributed by atoms with E-state index < -0.39 is 11.7 Å². The molecule has 0 saturated heterocycles. The minimum Gasteiger partial charge on any atom is -0.443 e. The molecule has 0 aliphatic carbocycles. The van der Waals surface area contributed by atoms with Crippen LogP contribution in [0.5, 0.6) is 0 Å². The fraction of sp³-hybridized carbons (Fsp3) is 0.889. The minimum absolute atomic E-state index is 0.395. The Labute approximate surface area is 85.3 Å². The molecular formula is C9H20N2O3. The second-order valence-electron chi connectivity index (χ2n) is 3.94. The molecule has 1 N–H and O–H groups in total. The Morgan fingerprint density at radius 1 is 1.43 bits per heavy atom. The third-order valence-electron chi connectivity index (χ3n) is 1.32. The van der Waals surface area contributed by atoms with Crippen molar-refractivity contribution >= 4 is 6.09 Å². The van der Waals surface area contributed by atoms with Crippen LogP contribution in [0.25, 0.3) is 0 Å². The van der Waals surface area contributed by atoms with Gasteiger partial charge >= 0.3 is 6.09 Å². The number of hydrazine groups is 1. The third-order valence-corrected chi connectivity index (χ3v) is 1.32. The molecule has 0 spiro atoms. The first-order valence-electron chi connectivity index (χ1n) is 4.56. The van der Waals surface area contributed by atoms with Gasteiger partial charge in [0.2, 0.25) is 0 Å². The van der Waals surface area contributed by atoms with Gasteiger partial charge in [-0.15, -0.1) is 0 Å². The zero-order chi connectivity index (χ0) is 11.2. The molecule has 5 nitrogen and oxygen atoms in total. The quantitative estimate of drug-likeness (QED) is 0.548. The first-order valence-corrected chi connectivity index (χ1v) is 4.56. The third kappa shape index (κ3) is 6.68. The summed E-state index contributed by atoms with van der Waals surface area (Å²) in [7, 11) is 3.22. The molecule has 0 heterocycles. The van der Waals surface area contributed by atoms with Gasteiger partial charge in [0.15, 0.2) is 0 Å². The van der Waals surface area contributed by atoms with Gasteiger partial charge in [0, 0.05) is 20.7 Å². The summed E-state index contributed by atoms with van der Waals surface area (Å²) in [4.78, 5) is 11.4. The SMILES string of the molecule is COCCNN(C)C(=O)OC(C)(C)C. The minimum atomic E-state index is -0.464. The molecule has 5 heteroatoms. The van der Waals surface area contributed by atoms with E-state index in [1.807, 2.05) is 20.8 Å². The van der Waals surface area contributed by atoms with Gasteiger partial charge in [0.1, 0.15) is 5.60 Å². The lowest BCUT2D eigenvalue weighted by molar-refractivity contribution is 0.0186. The number of hydrogen-bond donors (Lipinski definition) is 1. The van der Waals surface area contributed by atoms with Gasteiger partial charge in [-0.3, -0.25) is 0 Å². The Morgan fingerprint density at radius 3 is 2.43 bits per heavy atom. The second kappa shape index (κ2) is 5.82. The fourth-order valence-electron chi connectivity index (χ4n) is 0.710. The Hall–Kier alpha value is -0.810. The molecule has 0 aliphatic rings. The van der Waals surface area contributed by atoms with Crippen LogP contribution in [-0.2, 0) is 9.47 Å². The summed E-state index contributed by atoms with van der Waals surface area (Å²) in [5.41, 5.74) is 2.38. The number of hydrogen-bond acceptors (Lipinski definition) is 4. The van der Waals surface area contributed by atoms with Crippen LogP contribution in [0.15, 0.2) is 0 Å². The van der Waals surface area contributed by atoms with Gasteiger partial charge in [-0.1, -0.05) is 0 Å². The molecule has 0 aromatic carbocycles. The van der Waals surface area contributed by atoms with Crippen LogP contribution >= 0.6 is 0 Å². The first kappa shape index (κ1) is 13.2. The number of rotatable bonds is 4. The predicted octanol–water partition coefficient (Wildman–Crippen LogP) is 1.00. The summed E-state index contributed by atoms with van der Waals surface area (Å²) in [6.07, 6.45) is -0.395. The van der Waals surface area contributed by atoms with Gasteiger partial charge < -0.3 is 9.47 Å². The van der Waals surface area contributed by atoms with Crippen molar-refractivity contribution in [1.82, 2.24) is 10.4 Å². The number of amides is 1. The van der Waals surface area contributed by atoms with Gasteiger partial charge in [0.25, 0.3) is 0 Å². The highest BCUT2D eigenvalue weighted by atomic mass is 16.6. The molecule has 1 amide bonds. The van der Waals surface area contributed by atoms with Crippen LogP contribution in [-0.4, -0.2) is 44.0 Å². The van der Waals surface area contributed by atoms with E-state index in [2.05, 4.69) is 5.43 Å². The van der Waals surface area contributed by atoms with Crippen LogP contribution in [0.1, 0.15) is 20.8 Å².